The number of alkyl halides is 3. The third kappa shape index (κ3) is 3.88. The summed E-state index contributed by atoms with van der Waals surface area (Å²) in [4.78, 5) is -0.904. The van der Waals surface area contributed by atoms with Gasteiger partial charge in [0.05, 0.1) is 11.4 Å². The Morgan fingerprint density at radius 2 is 1.71 bits per heavy atom. The highest BCUT2D eigenvalue weighted by Gasteiger charge is 2.36. The lowest BCUT2D eigenvalue weighted by Crippen LogP contribution is -2.07. The molecule has 1 heterocycles. The van der Waals surface area contributed by atoms with Gasteiger partial charge in [-0.25, -0.2) is 21.9 Å². The predicted octanol–water partition coefficient (Wildman–Crippen LogP) is 4.89. The van der Waals surface area contributed by atoms with Gasteiger partial charge in [0, 0.05) is 16.8 Å². The molecule has 0 saturated heterocycles. The number of aromatic nitrogens is 2. The van der Waals surface area contributed by atoms with Gasteiger partial charge in [0.15, 0.2) is 15.5 Å². The largest absolute Gasteiger partial charge is 0.435 e. The van der Waals surface area contributed by atoms with Gasteiger partial charge >= 0.3 is 6.18 Å². The zero-order chi connectivity index (χ0) is 20.9. The highest BCUT2D eigenvalue weighted by atomic mass is 35.5. The first kappa shape index (κ1) is 20.3. The highest BCUT2D eigenvalue weighted by Crippen LogP contribution is 2.35. The predicted molar refractivity (Wildman–Crippen MR) is 92.0 cm³/mol. The average Bonchev–Trinajstić information content (AvgIpc) is 3.01. The monoisotopic (exact) mass is 436 g/mol. The van der Waals surface area contributed by atoms with Crippen LogP contribution in [0.1, 0.15) is 5.69 Å². The molecule has 0 spiro atoms. The van der Waals surface area contributed by atoms with Crippen molar-refractivity contribution in [2.45, 2.75) is 11.1 Å². The quantitative estimate of drug-likeness (QED) is 0.549. The van der Waals surface area contributed by atoms with Gasteiger partial charge in [-0.2, -0.15) is 18.3 Å². The molecule has 28 heavy (non-hydrogen) atoms. The molecule has 0 N–H and O–H groups in total. The fourth-order valence-corrected chi connectivity index (χ4v) is 3.44. The molecule has 3 rings (SSSR count). The van der Waals surface area contributed by atoms with Crippen molar-refractivity contribution in [1.29, 1.82) is 0 Å². The lowest BCUT2D eigenvalue weighted by atomic mass is 10.1. The molecule has 0 radical (unpaired) electrons. The fraction of sp³-hybridized carbons (Fsp3) is 0.118. The summed E-state index contributed by atoms with van der Waals surface area (Å²) in [7, 11) is -4.08. The molecule has 0 aliphatic carbocycles. The fourth-order valence-electron chi connectivity index (χ4n) is 2.53. The van der Waals surface area contributed by atoms with E-state index in [1.54, 1.807) is 0 Å². The summed E-state index contributed by atoms with van der Waals surface area (Å²) in [6.07, 6.45) is -4.16. The minimum Gasteiger partial charge on any atom is -0.232 e. The van der Waals surface area contributed by atoms with Crippen LogP contribution in [-0.2, 0) is 16.0 Å². The summed E-state index contributed by atoms with van der Waals surface area (Å²) >= 11 is 5.85. The van der Waals surface area contributed by atoms with E-state index in [2.05, 4.69) is 5.10 Å². The molecule has 3 aromatic rings. The van der Waals surface area contributed by atoms with Crippen LogP contribution in [0.4, 0.5) is 22.0 Å². The molecule has 1 aromatic heterocycles. The number of nitrogens with zero attached hydrogens (tertiary/aromatic N) is 2. The number of hydrogen-bond donors (Lipinski definition) is 0. The number of rotatable bonds is 3. The lowest BCUT2D eigenvalue weighted by molar-refractivity contribution is -0.141. The maximum absolute atomic E-state index is 14.5. The Hall–Kier alpha value is -2.46. The molecule has 0 saturated carbocycles. The molecule has 0 atom stereocenters. The molecule has 0 aliphatic rings. The van der Waals surface area contributed by atoms with E-state index in [9.17, 15) is 30.4 Å². The highest BCUT2D eigenvalue weighted by molar-refractivity contribution is 7.90. The Balaban J connectivity index is 2.30. The van der Waals surface area contributed by atoms with Gasteiger partial charge in [0.25, 0.3) is 0 Å². The van der Waals surface area contributed by atoms with Crippen LogP contribution in [0, 0.1) is 11.6 Å². The summed E-state index contributed by atoms with van der Waals surface area (Å²) in [6, 6.07) is 7.06. The van der Waals surface area contributed by atoms with Gasteiger partial charge < -0.3 is 0 Å². The minimum absolute atomic E-state index is 0.0741. The molecule has 4 nitrogen and oxygen atoms in total. The van der Waals surface area contributed by atoms with Crippen molar-refractivity contribution in [3.05, 3.63) is 64.8 Å². The van der Waals surface area contributed by atoms with Crippen molar-refractivity contribution >= 4 is 21.4 Å². The van der Waals surface area contributed by atoms with Gasteiger partial charge in [-0.05, 0) is 36.4 Å². The van der Waals surface area contributed by atoms with Gasteiger partial charge in [-0.15, -0.1) is 0 Å². The number of halogens is 6. The summed E-state index contributed by atoms with van der Waals surface area (Å²) in [5.74, 6) is -2.52. The molecule has 148 valence electrons. The molecule has 0 fully saturated rings. The number of sulfone groups is 1. The average molecular weight is 437 g/mol. The Kier molecular flexibility index (Phi) is 4.96. The molecule has 11 heteroatoms. The minimum atomic E-state index is -4.85. The molecular formula is C17H10ClF5N2O2S. The van der Waals surface area contributed by atoms with E-state index >= 15 is 0 Å². The van der Waals surface area contributed by atoms with Gasteiger partial charge in [0.1, 0.15) is 16.5 Å². The van der Waals surface area contributed by atoms with Crippen molar-refractivity contribution in [3.8, 4) is 16.9 Å². The van der Waals surface area contributed by atoms with Crippen molar-refractivity contribution < 1.29 is 30.4 Å². The first-order chi connectivity index (χ1) is 12.9. The van der Waals surface area contributed by atoms with E-state index < -0.39 is 49.5 Å². The summed E-state index contributed by atoms with van der Waals surface area (Å²) < 4.78 is 92.0. The van der Waals surface area contributed by atoms with Gasteiger partial charge in [0.2, 0.25) is 0 Å². The Bertz CT molecular complexity index is 1170. The van der Waals surface area contributed by atoms with E-state index in [0.29, 0.717) is 24.5 Å². The van der Waals surface area contributed by atoms with Crippen molar-refractivity contribution in [3.63, 3.8) is 0 Å². The summed E-state index contributed by atoms with van der Waals surface area (Å²) in [5.41, 5.74) is -2.28. The van der Waals surface area contributed by atoms with Crippen LogP contribution < -0.4 is 0 Å². The summed E-state index contributed by atoms with van der Waals surface area (Å²) in [5, 5.41) is 3.62. The maximum atomic E-state index is 14.5. The van der Waals surface area contributed by atoms with E-state index in [4.69, 9.17) is 11.6 Å². The normalized spacial score (nSPS) is 12.4. The summed E-state index contributed by atoms with van der Waals surface area (Å²) in [6.45, 7) is 0. The van der Waals surface area contributed by atoms with E-state index in [-0.39, 0.29) is 10.7 Å². The standard InChI is InChI=1S/C17H10ClF5N2O2S/c1-28(26,27)15-7-12(19)11(6-13(15)20)14-8-16(17(21,22)23)24-25(14)10-4-2-3-9(18)5-10/h2-8H,1H3. The van der Waals surface area contributed by atoms with E-state index in [1.165, 1.54) is 24.3 Å². The molecule has 0 bridgehead atoms. The maximum Gasteiger partial charge on any atom is 0.435 e. The topological polar surface area (TPSA) is 52.0 Å². The molecule has 0 unspecified atom stereocenters. The van der Waals surface area contributed by atoms with Crippen LogP contribution in [-0.4, -0.2) is 24.5 Å². The second-order valence-electron chi connectivity index (χ2n) is 5.84. The zero-order valence-corrected chi connectivity index (χ0v) is 15.5. The van der Waals surface area contributed by atoms with Crippen LogP contribution in [0.5, 0.6) is 0 Å². The first-order valence-electron chi connectivity index (χ1n) is 7.50. The second kappa shape index (κ2) is 6.85. The molecule has 2 aromatic carbocycles. The van der Waals surface area contributed by atoms with E-state index in [1.807, 2.05) is 0 Å². The lowest BCUT2D eigenvalue weighted by Gasteiger charge is -2.10. The first-order valence-corrected chi connectivity index (χ1v) is 9.77. The molecule has 0 amide bonds. The Morgan fingerprint density at radius 3 is 2.29 bits per heavy atom. The van der Waals surface area contributed by atoms with Gasteiger partial charge in [-0.1, -0.05) is 17.7 Å². The number of hydrogen-bond acceptors (Lipinski definition) is 3. The molecular weight excluding hydrogens is 427 g/mol. The molecule has 0 aliphatic heterocycles. The van der Waals surface area contributed by atoms with Crippen LogP contribution >= 0.6 is 11.6 Å². The Labute approximate surface area is 161 Å². The Morgan fingerprint density at radius 1 is 1.04 bits per heavy atom. The van der Waals surface area contributed by atoms with Crippen molar-refractivity contribution in [1.82, 2.24) is 9.78 Å². The SMILES string of the molecule is CS(=O)(=O)c1cc(F)c(-c2cc(C(F)(F)F)nn2-c2cccc(Cl)c2)cc1F. The van der Waals surface area contributed by atoms with Crippen LogP contribution in [0.2, 0.25) is 5.02 Å². The smallest absolute Gasteiger partial charge is 0.232 e. The van der Waals surface area contributed by atoms with Gasteiger partial charge in [-0.3, -0.25) is 0 Å². The van der Waals surface area contributed by atoms with Crippen LogP contribution in [0.25, 0.3) is 16.9 Å². The zero-order valence-electron chi connectivity index (χ0n) is 13.9. The van der Waals surface area contributed by atoms with E-state index in [0.717, 1.165) is 4.68 Å². The number of benzene rings is 2. The third-order valence-corrected chi connectivity index (χ3v) is 5.10. The van der Waals surface area contributed by atoms with Crippen molar-refractivity contribution in [2.75, 3.05) is 6.26 Å². The second-order valence-corrected chi connectivity index (χ2v) is 8.26. The van der Waals surface area contributed by atoms with Crippen LogP contribution in [0.15, 0.2) is 47.4 Å². The van der Waals surface area contributed by atoms with Crippen LogP contribution in [0.3, 0.4) is 0 Å². The third-order valence-electron chi connectivity index (χ3n) is 3.75. The van der Waals surface area contributed by atoms with Crippen molar-refractivity contribution in [2.24, 2.45) is 0 Å².